The van der Waals surface area contributed by atoms with Gasteiger partial charge in [0.1, 0.15) is 6.04 Å². The fourth-order valence-corrected chi connectivity index (χ4v) is 1.47. The van der Waals surface area contributed by atoms with Crippen LogP contribution in [0.1, 0.15) is 18.9 Å². The van der Waals surface area contributed by atoms with Crippen molar-refractivity contribution >= 4 is 5.97 Å². The SMILES string of the molecule is CCOC(=O)C(CCn1cc(C)cn1)NC. The molecule has 1 N–H and O–H groups in total. The van der Waals surface area contributed by atoms with Crippen LogP contribution in [0.2, 0.25) is 0 Å². The highest BCUT2D eigenvalue weighted by molar-refractivity contribution is 5.75. The third kappa shape index (κ3) is 3.66. The largest absolute Gasteiger partial charge is 0.465 e. The van der Waals surface area contributed by atoms with Gasteiger partial charge in [0.2, 0.25) is 0 Å². The third-order valence-corrected chi connectivity index (χ3v) is 2.33. The molecule has 0 aliphatic heterocycles. The molecule has 0 radical (unpaired) electrons. The number of nitrogens with zero attached hydrogens (tertiary/aromatic N) is 2. The normalized spacial score (nSPS) is 12.4. The van der Waals surface area contributed by atoms with Gasteiger partial charge in [-0.25, -0.2) is 0 Å². The molecule has 1 heterocycles. The minimum atomic E-state index is -0.260. The van der Waals surface area contributed by atoms with Crippen molar-refractivity contribution in [3.8, 4) is 0 Å². The lowest BCUT2D eigenvalue weighted by Crippen LogP contribution is -2.36. The third-order valence-electron chi connectivity index (χ3n) is 2.33. The number of carbonyl (C=O) groups excluding carboxylic acids is 1. The van der Waals surface area contributed by atoms with Gasteiger partial charge >= 0.3 is 5.97 Å². The van der Waals surface area contributed by atoms with Crippen molar-refractivity contribution in [2.24, 2.45) is 0 Å². The summed E-state index contributed by atoms with van der Waals surface area (Å²) >= 11 is 0. The summed E-state index contributed by atoms with van der Waals surface area (Å²) in [5.41, 5.74) is 1.12. The van der Waals surface area contributed by atoms with E-state index in [0.29, 0.717) is 19.6 Å². The molecule has 0 saturated heterocycles. The Kier molecular flexibility index (Phi) is 4.98. The van der Waals surface area contributed by atoms with Crippen molar-refractivity contribution in [1.82, 2.24) is 15.1 Å². The molecule has 0 bridgehead atoms. The van der Waals surface area contributed by atoms with Gasteiger partial charge in [0, 0.05) is 12.7 Å². The molecule has 0 aliphatic rings. The van der Waals surface area contributed by atoms with E-state index in [1.54, 1.807) is 13.2 Å². The first-order valence-corrected chi connectivity index (χ1v) is 5.50. The molecule has 5 heteroatoms. The number of hydrogen-bond donors (Lipinski definition) is 1. The van der Waals surface area contributed by atoms with Crippen LogP contribution < -0.4 is 5.32 Å². The second-order valence-corrected chi connectivity index (χ2v) is 3.66. The summed E-state index contributed by atoms with van der Waals surface area (Å²) in [7, 11) is 1.76. The molecule has 1 atom stereocenters. The Morgan fingerprint density at radius 3 is 2.94 bits per heavy atom. The number of carbonyl (C=O) groups is 1. The second kappa shape index (κ2) is 6.27. The van der Waals surface area contributed by atoms with Crippen LogP contribution in [0.25, 0.3) is 0 Å². The summed E-state index contributed by atoms with van der Waals surface area (Å²) in [6, 6.07) is -0.260. The molecule has 0 amide bonds. The topological polar surface area (TPSA) is 56.2 Å². The summed E-state index contributed by atoms with van der Waals surface area (Å²) in [5.74, 6) is -0.200. The van der Waals surface area contributed by atoms with Crippen LogP contribution in [0.4, 0.5) is 0 Å². The monoisotopic (exact) mass is 225 g/mol. The van der Waals surface area contributed by atoms with Crippen LogP contribution in [0.3, 0.4) is 0 Å². The van der Waals surface area contributed by atoms with E-state index in [1.165, 1.54) is 0 Å². The fourth-order valence-electron chi connectivity index (χ4n) is 1.47. The molecule has 0 aromatic carbocycles. The predicted molar refractivity (Wildman–Crippen MR) is 61.1 cm³/mol. The molecular formula is C11H19N3O2. The van der Waals surface area contributed by atoms with Crippen LogP contribution in [0.15, 0.2) is 12.4 Å². The van der Waals surface area contributed by atoms with Crippen molar-refractivity contribution in [3.05, 3.63) is 18.0 Å². The standard InChI is InChI=1S/C11H19N3O2/c1-4-16-11(15)10(12-3)5-6-14-8-9(2)7-13-14/h7-8,10,12H,4-6H2,1-3H3. The second-order valence-electron chi connectivity index (χ2n) is 3.66. The van der Waals surface area contributed by atoms with Gasteiger partial charge in [0.15, 0.2) is 0 Å². The molecule has 0 saturated carbocycles. The van der Waals surface area contributed by atoms with E-state index in [2.05, 4.69) is 10.4 Å². The number of rotatable bonds is 6. The van der Waals surface area contributed by atoms with Crippen LogP contribution in [-0.2, 0) is 16.1 Å². The molecular weight excluding hydrogens is 206 g/mol. The highest BCUT2D eigenvalue weighted by atomic mass is 16.5. The smallest absolute Gasteiger partial charge is 0.323 e. The Labute approximate surface area is 95.8 Å². The lowest BCUT2D eigenvalue weighted by molar-refractivity contribution is -0.145. The first kappa shape index (κ1) is 12.7. The first-order valence-electron chi connectivity index (χ1n) is 5.50. The van der Waals surface area contributed by atoms with Crippen molar-refractivity contribution < 1.29 is 9.53 Å². The van der Waals surface area contributed by atoms with E-state index in [0.717, 1.165) is 5.56 Å². The van der Waals surface area contributed by atoms with Crippen molar-refractivity contribution in [2.75, 3.05) is 13.7 Å². The van der Waals surface area contributed by atoms with E-state index < -0.39 is 0 Å². The maximum absolute atomic E-state index is 11.5. The van der Waals surface area contributed by atoms with E-state index in [4.69, 9.17) is 4.74 Å². The Morgan fingerprint density at radius 1 is 1.69 bits per heavy atom. The zero-order valence-electron chi connectivity index (χ0n) is 10.1. The molecule has 1 aromatic heterocycles. The van der Waals surface area contributed by atoms with Crippen molar-refractivity contribution in [3.63, 3.8) is 0 Å². The quantitative estimate of drug-likeness (QED) is 0.725. The lowest BCUT2D eigenvalue weighted by atomic mass is 10.2. The van der Waals surface area contributed by atoms with Gasteiger partial charge in [-0.2, -0.15) is 5.10 Å². The van der Waals surface area contributed by atoms with Gasteiger partial charge in [-0.3, -0.25) is 9.48 Å². The molecule has 1 rings (SSSR count). The summed E-state index contributed by atoms with van der Waals surface area (Å²) in [6.45, 7) is 4.92. The first-order chi connectivity index (χ1) is 7.67. The molecule has 0 fully saturated rings. The Bertz CT molecular complexity index is 336. The maximum Gasteiger partial charge on any atom is 0.323 e. The zero-order valence-corrected chi connectivity index (χ0v) is 10.1. The summed E-state index contributed by atoms with van der Waals surface area (Å²) < 4.78 is 6.79. The highest BCUT2D eigenvalue weighted by Gasteiger charge is 2.17. The average Bonchev–Trinajstić information content (AvgIpc) is 2.65. The van der Waals surface area contributed by atoms with Crippen LogP contribution >= 0.6 is 0 Å². The number of aromatic nitrogens is 2. The van der Waals surface area contributed by atoms with Crippen LogP contribution in [0.5, 0.6) is 0 Å². The molecule has 1 unspecified atom stereocenters. The number of esters is 1. The van der Waals surface area contributed by atoms with Gasteiger partial charge in [-0.1, -0.05) is 0 Å². The number of aryl methyl sites for hydroxylation is 2. The number of nitrogens with one attached hydrogen (secondary N) is 1. The Balaban J connectivity index is 2.42. The Morgan fingerprint density at radius 2 is 2.44 bits per heavy atom. The average molecular weight is 225 g/mol. The summed E-state index contributed by atoms with van der Waals surface area (Å²) in [5, 5.41) is 7.11. The zero-order chi connectivity index (χ0) is 12.0. The minimum Gasteiger partial charge on any atom is -0.465 e. The van der Waals surface area contributed by atoms with Crippen molar-refractivity contribution in [2.45, 2.75) is 32.9 Å². The van der Waals surface area contributed by atoms with E-state index in [-0.39, 0.29) is 12.0 Å². The summed E-state index contributed by atoms with van der Waals surface area (Å²) in [6.07, 6.45) is 4.44. The van der Waals surface area contributed by atoms with Gasteiger partial charge < -0.3 is 10.1 Å². The molecule has 16 heavy (non-hydrogen) atoms. The van der Waals surface area contributed by atoms with Crippen molar-refractivity contribution in [1.29, 1.82) is 0 Å². The number of hydrogen-bond acceptors (Lipinski definition) is 4. The van der Waals surface area contributed by atoms with Gasteiger partial charge in [-0.15, -0.1) is 0 Å². The minimum absolute atomic E-state index is 0.200. The summed E-state index contributed by atoms with van der Waals surface area (Å²) in [4.78, 5) is 11.5. The van der Waals surface area contributed by atoms with E-state index in [9.17, 15) is 4.79 Å². The van der Waals surface area contributed by atoms with E-state index >= 15 is 0 Å². The molecule has 5 nitrogen and oxygen atoms in total. The van der Waals surface area contributed by atoms with Crippen LogP contribution in [-0.4, -0.2) is 35.4 Å². The Hall–Kier alpha value is -1.36. The number of ether oxygens (including phenoxy) is 1. The van der Waals surface area contributed by atoms with Gasteiger partial charge in [-0.05, 0) is 32.9 Å². The lowest BCUT2D eigenvalue weighted by Gasteiger charge is -2.14. The predicted octanol–water partition coefficient (Wildman–Crippen LogP) is 0.733. The maximum atomic E-state index is 11.5. The van der Waals surface area contributed by atoms with Gasteiger partial charge in [0.25, 0.3) is 0 Å². The van der Waals surface area contributed by atoms with Gasteiger partial charge in [0.05, 0.1) is 12.8 Å². The fraction of sp³-hybridized carbons (Fsp3) is 0.636. The molecule has 1 aromatic rings. The number of likely N-dealkylation sites (N-methyl/N-ethyl adjacent to an activating group) is 1. The van der Waals surface area contributed by atoms with E-state index in [1.807, 2.05) is 24.7 Å². The molecule has 0 spiro atoms. The van der Waals surface area contributed by atoms with Crippen LogP contribution in [0, 0.1) is 6.92 Å². The molecule has 0 aliphatic carbocycles. The highest BCUT2D eigenvalue weighted by Crippen LogP contribution is 2.00. The molecule has 90 valence electrons.